The van der Waals surface area contributed by atoms with Gasteiger partial charge in [-0.3, -0.25) is 5.43 Å². The van der Waals surface area contributed by atoms with Crippen LogP contribution in [0.1, 0.15) is 16.2 Å². The average molecular weight is 327 g/mol. The Morgan fingerprint density at radius 3 is 2.83 bits per heavy atom. The van der Waals surface area contributed by atoms with Crippen LogP contribution in [0.5, 0.6) is 0 Å². The van der Waals surface area contributed by atoms with Crippen LogP contribution in [-0.2, 0) is 4.74 Å². The Morgan fingerprint density at radius 2 is 2.13 bits per heavy atom. The monoisotopic (exact) mass is 327 g/mol. The lowest BCUT2D eigenvalue weighted by atomic mass is 10.1. The van der Waals surface area contributed by atoms with Crippen molar-refractivity contribution < 1.29 is 13.9 Å². The molecule has 1 aromatic carbocycles. The second kappa shape index (κ2) is 6.89. The van der Waals surface area contributed by atoms with Crippen molar-refractivity contribution in [2.75, 3.05) is 12.5 Å². The van der Waals surface area contributed by atoms with E-state index in [1.807, 2.05) is 30.3 Å². The van der Waals surface area contributed by atoms with Crippen molar-refractivity contribution in [3.05, 3.63) is 60.2 Å². The van der Waals surface area contributed by atoms with E-state index in [1.54, 1.807) is 18.4 Å². The molecule has 3 aromatic rings. The minimum absolute atomic E-state index is 0.263. The molecule has 3 rings (SSSR count). The van der Waals surface area contributed by atoms with Gasteiger partial charge in [0.05, 0.1) is 24.5 Å². The predicted octanol–water partition coefficient (Wildman–Crippen LogP) is 3.64. The minimum Gasteiger partial charge on any atom is -0.464 e. The molecule has 0 aliphatic heterocycles. The molecule has 0 atom stereocenters. The van der Waals surface area contributed by atoms with Crippen LogP contribution in [0.2, 0.25) is 0 Å². The van der Waals surface area contributed by atoms with Crippen LogP contribution < -0.4 is 5.43 Å². The third-order valence-electron chi connectivity index (χ3n) is 2.94. The van der Waals surface area contributed by atoms with Crippen LogP contribution in [0.15, 0.2) is 58.2 Å². The highest BCUT2D eigenvalue weighted by Gasteiger charge is 2.19. The van der Waals surface area contributed by atoms with E-state index in [9.17, 15) is 4.79 Å². The third kappa shape index (κ3) is 3.46. The summed E-state index contributed by atoms with van der Waals surface area (Å²) in [4.78, 5) is 16.9. The summed E-state index contributed by atoms with van der Waals surface area (Å²) in [6, 6.07) is 13.1. The Labute approximate surface area is 136 Å². The van der Waals surface area contributed by atoms with E-state index >= 15 is 0 Å². The lowest BCUT2D eigenvalue weighted by Gasteiger charge is -1.99. The fourth-order valence-corrected chi connectivity index (χ4v) is 2.81. The van der Waals surface area contributed by atoms with Crippen LogP contribution >= 0.6 is 11.3 Å². The topological polar surface area (TPSA) is 76.7 Å². The number of thiazole rings is 1. The average Bonchev–Trinajstić information content (AvgIpc) is 3.25. The van der Waals surface area contributed by atoms with Crippen molar-refractivity contribution in [2.45, 2.75) is 0 Å². The maximum atomic E-state index is 11.9. The molecule has 7 heteroatoms. The molecule has 2 heterocycles. The Kier molecular flexibility index (Phi) is 4.49. The highest BCUT2D eigenvalue weighted by molar-refractivity contribution is 7.19. The zero-order chi connectivity index (χ0) is 16.1. The Bertz CT molecular complexity index is 810. The molecule has 0 aliphatic rings. The molecule has 116 valence electrons. The maximum absolute atomic E-state index is 11.9. The second-order valence-corrected chi connectivity index (χ2v) is 5.44. The lowest BCUT2D eigenvalue weighted by molar-refractivity contribution is 0.0596. The van der Waals surface area contributed by atoms with Crippen molar-refractivity contribution in [3.8, 4) is 10.4 Å². The van der Waals surface area contributed by atoms with Crippen LogP contribution in [0, 0.1) is 0 Å². The third-order valence-corrected chi connectivity index (χ3v) is 3.95. The number of carbonyl (C=O) groups is 1. The number of methoxy groups -OCH3 is 1. The van der Waals surface area contributed by atoms with Gasteiger partial charge in [0.25, 0.3) is 0 Å². The lowest BCUT2D eigenvalue weighted by Crippen LogP contribution is -2.03. The highest BCUT2D eigenvalue weighted by atomic mass is 32.1. The molecular formula is C16H13N3O3S. The van der Waals surface area contributed by atoms with Crippen molar-refractivity contribution >= 4 is 28.7 Å². The van der Waals surface area contributed by atoms with Crippen LogP contribution in [0.25, 0.3) is 10.4 Å². The molecule has 0 amide bonds. The van der Waals surface area contributed by atoms with Gasteiger partial charge in [-0.2, -0.15) is 5.10 Å². The summed E-state index contributed by atoms with van der Waals surface area (Å²) < 4.78 is 9.94. The Morgan fingerprint density at radius 1 is 1.30 bits per heavy atom. The molecule has 0 radical (unpaired) electrons. The summed E-state index contributed by atoms with van der Waals surface area (Å²) in [6.07, 6.45) is 3.09. The van der Waals surface area contributed by atoms with E-state index in [4.69, 9.17) is 9.15 Å². The predicted molar refractivity (Wildman–Crippen MR) is 88.8 cm³/mol. The first-order valence-corrected chi connectivity index (χ1v) is 7.56. The highest BCUT2D eigenvalue weighted by Crippen LogP contribution is 2.33. The normalized spacial score (nSPS) is 10.8. The van der Waals surface area contributed by atoms with Gasteiger partial charge in [0.2, 0.25) is 5.13 Å². The summed E-state index contributed by atoms with van der Waals surface area (Å²) in [6.45, 7) is 0. The summed E-state index contributed by atoms with van der Waals surface area (Å²) in [5, 5.41) is 4.54. The number of esters is 1. The van der Waals surface area contributed by atoms with Crippen molar-refractivity contribution in [1.82, 2.24) is 4.98 Å². The molecule has 1 N–H and O–H groups in total. The van der Waals surface area contributed by atoms with E-state index in [2.05, 4.69) is 15.5 Å². The number of anilines is 1. The summed E-state index contributed by atoms with van der Waals surface area (Å²) in [5.41, 5.74) is 3.96. The largest absolute Gasteiger partial charge is 0.464 e. The molecule has 0 saturated heterocycles. The maximum Gasteiger partial charge on any atom is 0.358 e. The van der Waals surface area contributed by atoms with E-state index in [-0.39, 0.29) is 5.69 Å². The number of furan rings is 1. The van der Waals surface area contributed by atoms with E-state index in [0.29, 0.717) is 10.9 Å². The Hall–Kier alpha value is -2.93. The quantitative estimate of drug-likeness (QED) is 0.440. The summed E-state index contributed by atoms with van der Waals surface area (Å²) in [7, 11) is 1.33. The molecule has 0 saturated carbocycles. The molecule has 0 fully saturated rings. The molecule has 0 bridgehead atoms. The smallest absolute Gasteiger partial charge is 0.358 e. The number of nitrogens with one attached hydrogen (secondary N) is 1. The number of hydrogen-bond acceptors (Lipinski definition) is 7. The number of hydrazone groups is 1. The summed E-state index contributed by atoms with van der Waals surface area (Å²) in [5.74, 6) is 0.133. The van der Waals surface area contributed by atoms with Gasteiger partial charge in [0.15, 0.2) is 5.69 Å². The number of hydrogen-bond donors (Lipinski definition) is 1. The van der Waals surface area contributed by atoms with Gasteiger partial charge < -0.3 is 9.15 Å². The van der Waals surface area contributed by atoms with Gasteiger partial charge >= 0.3 is 5.97 Å². The molecule has 0 aliphatic carbocycles. The first kappa shape index (κ1) is 15.0. The van der Waals surface area contributed by atoms with E-state index in [1.165, 1.54) is 24.7 Å². The van der Waals surface area contributed by atoms with E-state index in [0.717, 1.165) is 10.4 Å². The number of aromatic nitrogens is 1. The first-order chi connectivity index (χ1) is 11.3. The van der Waals surface area contributed by atoms with Gasteiger partial charge in [-0.25, -0.2) is 9.78 Å². The molecular weight excluding hydrogens is 314 g/mol. The molecule has 6 nitrogen and oxygen atoms in total. The number of ether oxygens (including phenoxy) is 1. The fraction of sp³-hybridized carbons (Fsp3) is 0.0625. The van der Waals surface area contributed by atoms with E-state index < -0.39 is 5.97 Å². The molecule has 0 unspecified atom stereocenters. The number of nitrogens with zero attached hydrogens (tertiary/aromatic N) is 2. The van der Waals surface area contributed by atoms with Crippen LogP contribution in [0.3, 0.4) is 0 Å². The van der Waals surface area contributed by atoms with Gasteiger partial charge in [-0.05, 0) is 17.7 Å². The number of carbonyl (C=O) groups excluding carboxylic acids is 1. The van der Waals surface area contributed by atoms with Crippen molar-refractivity contribution in [3.63, 3.8) is 0 Å². The standard InChI is InChI=1S/C16H13N3O3S/c1-21-15(20)13-14(11-6-3-2-4-7-11)23-16(18-13)19-17-10-12-8-5-9-22-12/h2-10H,1H3,(H,18,19)/b17-10+. The van der Waals surface area contributed by atoms with Crippen LogP contribution in [0.4, 0.5) is 5.13 Å². The molecule has 2 aromatic heterocycles. The van der Waals surface area contributed by atoms with Gasteiger partial charge in [0.1, 0.15) is 5.76 Å². The Balaban J connectivity index is 1.87. The molecule has 23 heavy (non-hydrogen) atoms. The SMILES string of the molecule is COC(=O)c1nc(N/N=C/c2ccco2)sc1-c1ccccc1. The second-order valence-electron chi connectivity index (χ2n) is 4.44. The van der Waals surface area contributed by atoms with Crippen LogP contribution in [-0.4, -0.2) is 24.3 Å². The van der Waals surface area contributed by atoms with Gasteiger partial charge in [-0.1, -0.05) is 41.7 Å². The van der Waals surface area contributed by atoms with Gasteiger partial charge in [0, 0.05) is 0 Å². The number of rotatable bonds is 5. The fourth-order valence-electron chi connectivity index (χ4n) is 1.90. The number of benzene rings is 1. The van der Waals surface area contributed by atoms with Gasteiger partial charge in [-0.15, -0.1) is 0 Å². The van der Waals surface area contributed by atoms with Crippen molar-refractivity contribution in [2.24, 2.45) is 5.10 Å². The minimum atomic E-state index is -0.483. The zero-order valence-electron chi connectivity index (χ0n) is 12.2. The summed E-state index contributed by atoms with van der Waals surface area (Å²) >= 11 is 1.33. The molecule has 0 spiro atoms. The van der Waals surface area contributed by atoms with Crippen molar-refractivity contribution in [1.29, 1.82) is 0 Å². The zero-order valence-corrected chi connectivity index (χ0v) is 13.0. The first-order valence-electron chi connectivity index (χ1n) is 6.75.